The molecule has 0 atom stereocenters. The molecule has 0 aliphatic carbocycles. The lowest BCUT2D eigenvalue weighted by molar-refractivity contribution is 0.619. The molecule has 2 aromatic carbocycles. The van der Waals surface area contributed by atoms with Gasteiger partial charge in [-0.3, -0.25) is 0 Å². The monoisotopic (exact) mass is 336 g/mol. The molecule has 0 unspecified atom stereocenters. The molecule has 5 heteroatoms. The summed E-state index contributed by atoms with van der Waals surface area (Å²) in [6.07, 6.45) is 0. The summed E-state index contributed by atoms with van der Waals surface area (Å²) in [6, 6.07) is 9.18. The van der Waals surface area contributed by atoms with Gasteiger partial charge in [-0.2, -0.15) is 0 Å². The molecule has 0 aliphatic rings. The molecule has 1 aromatic heterocycles. The van der Waals surface area contributed by atoms with Crippen LogP contribution in [0.3, 0.4) is 0 Å². The van der Waals surface area contributed by atoms with Gasteiger partial charge in [-0.15, -0.1) is 0 Å². The summed E-state index contributed by atoms with van der Waals surface area (Å²) >= 11 is 9.37. The van der Waals surface area contributed by atoms with Crippen molar-refractivity contribution in [2.75, 3.05) is 5.73 Å². The molecule has 0 radical (unpaired) electrons. The van der Waals surface area contributed by atoms with Gasteiger partial charge < -0.3 is 10.2 Å². The Bertz CT molecular complexity index is 782. The highest BCUT2D eigenvalue weighted by Gasteiger charge is 2.13. The van der Waals surface area contributed by atoms with Gasteiger partial charge in [-0.1, -0.05) is 27.5 Å². The lowest BCUT2D eigenvalue weighted by Crippen LogP contribution is -1.92. The van der Waals surface area contributed by atoms with Crippen LogP contribution < -0.4 is 5.73 Å². The summed E-state index contributed by atoms with van der Waals surface area (Å²) in [5, 5.41) is 0.626. The minimum Gasteiger partial charge on any atom is -0.436 e. The number of aromatic nitrogens is 1. The van der Waals surface area contributed by atoms with Crippen molar-refractivity contribution < 1.29 is 4.42 Å². The highest BCUT2D eigenvalue weighted by Crippen LogP contribution is 2.33. The number of anilines is 1. The molecule has 3 nitrogen and oxygen atoms in total. The minimum absolute atomic E-state index is 0.544. The molecule has 3 rings (SSSR count). The molecule has 1 heterocycles. The highest BCUT2D eigenvalue weighted by molar-refractivity contribution is 9.10. The molecule has 0 spiro atoms. The first kappa shape index (κ1) is 12.5. The van der Waals surface area contributed by atoms with Gasteiger partial charge in [0.15, 0.2) is 5.58 Å². The number of hydrogen-bond acceptors (Lipinski definition) is 3. The van der Waals surface area contributed by atoms with Crippen LogP contribution in [-0.2, 0) is 0 Å². The third kappa shape index (κ3) is 2.22. The van der Waals surface area contributed by atoms with Crippen LogP contribution in [0.5, 0.6) is 0 Å². The number of hydrogen-bond donors (Lipinski definition) is 1. The number of nitrogens with zero attached hydrogens (tertiary/aromatic N) is 1. The quantitative estimate of drug-likeness (QED) is 0.649. The lowest BCUT2D eigenvalue weighted by Gasteiger charge is -2.05. The van der Waals surface area contributed by atoms with Crippen molar-refractivity contribution in [1.82, 2.24) is 4.98 Å². The SMILES string of the molecule is Cc1c(N)cc(Br)cc1-c1nc2ccc(Cl)cc2o1. The largest absolute Gasteiger partial charge is 0.436 e. The minimum atomic E-state index is 0.544. The first-order chi connectivity index (χ1) is 9.04. The van der Waals surface area contributed by atoms with Crippen molar-refractivity contribution in [3.05, 3.63) is 45.4 Å². The van der Waals surface area contributed by atoms with E-state index in [1.165, 1.54) is 0 Å². The highest BCUT2D eigenvalue weighted by atomic mass is 79.9. The van der Waals surface area contributed by atoms with Crippen molar-refractivity contribution in [1.29, 1.82) is 0 Å². The Hall–Kier alpha value is -1.52. The average molecular weight is 338 g/mol. The van der Waals surface area contributed by atoms with Crippen molar-refractivity contribution >= 4 is 44.3 Å². The molecule has 2 N–H and O–H groups in total. The second kappa shape index (κ2) is 4.54. The summed E-state index contributed by atoms with van der Waals surface area (Å²) in [5.74, 6) is 0.544. The summed E-state index contributed by atoms with van der Waals surface area (Å²) in [5.41, 5.74) is 9.92. The van der Waals surface area contributed by atoms with E-state index in [2.05, 4.69) is 20.9 Å². The van der Waals surface area contributed by atoms with Crippen molar-refractivity contribution in [2.45, 2.75) is 6.92 Å². The van der Waals surface area contributed by atoms with E-state index in [0.29, 0.717) is 22.2 Å². The number of halogens is 2. The van der Waals surface area contributed by atoms with Crippen LogP contribution in [0.25, 0.3) is 22.6 Å². The second-order valence-corrected chi connectivity index (χ2v) is 5.65. The van der Waals surface area contributed by atoms with E-state index in [-0.39, 0.29) is 0 Å². The molecular formula is C14H10BrClN2O. The van der Waals surface area contributed by atoms with Gasteiger partial charge in [-0.25, -0.2) is 4.98 Å². The van der Waals surface area contributed by atoms with E-state index in [0.717, 1.165) is 21.1 Å². The molecule has 0 saturated carbocycles. The molecule has 0 saturated heterocycles. The van der Waals surface area contributed by atoms with E-state index < -0.39 is 0 Å². The van der Waals surface area contributed by atoms with Gasteiger partial charge in [0.25, 0.3) is 0 Å². The fraction of sp³-hybridized carbons (Fsp3) is 0.0714. The fourth-order valence-electron chi connectivity index (χ4n) is 1.94. The number of oxazole rings is 1. The summed E-state index contributed by atoms with van der Waals surface area (Å²) in [4.78, 5) is 4.47. The Morgan fingerprint density at radius 1 is 1.26 bits per heavy atom. The summed E-state index contributed by atoms with van der Waals surface area (Å²) in [7, 11) is 0. The van der Waals surface area contributed by atoms with Gasteiger partial charge in [-0.05, 0) is 36.8 Å². The first-order valence-electron chi connectivity index (χ1n) is 5.66. The maximum atomic E-state index is 5.96. The Labute approximate surface area is 123 Å². The maximum Gasteiger partial charge on any atom is 0.227 e. The van der Waals surface area contributed by atoms with Gasteiger partial charge in [0.1, 0.15) is 5.52 Å². The average Bonchev–Trinajstić information content (AvgIpc) is 2.76. The van der Waals surface area contributed by atoms with E-state index in [9.17, 15) is 0 Å². The van der Waals surface area contributed by atoms with Gasteiger partial charge in [0.05, 0.1) is 0 Å². The summed E-state index contributed by atoms with van der Waals surface area (Å²) in [6.45, 7) is 1.94. The Morgan fingerprint density at radius 2 is 2.05 bits per heavy atom. The third-order valence-electron chi connectivity index (χ3n) is 2.99. The molecule has 0 aliphatic heterocycles. The van der Waals surface area contributed by atoms with E-state index in [1.54, 1.807) is 12.1 Å². The Morgan fingerprint density at radius 3 is 2.84 bits per heavy atom. The lowest BCUT2D eigenvalue weighted by atomic mass is 10.1. The topological polar surface area (TPSA) is 52.0 Å². The van der Waals surface area contributed by atoms with Crippen LogP contribution in [0.15, 0.2) is 39.2 Å². The first-order valence-corrected chi connectivity index (χ1v) is 6.84. The van der Waals surface area contributed by atoms with Gasteiger partial charge in [0.2, 0.25) is 5.89 Å². The Balaban J connectivity index is 2.24. The van der Waals surface area contributed by atoms with Crippen LogP contribution in [-0.4, -0.2) is 4.98 Å². The molecule has 3 aromatic rings. The predicted octanol–water partition coefficient (Wildman–Crippen LogP) is 4.80. The maximum absolute atomic E-state index is 5.96. The van der Waals surface area contributed by atoms with E-state index in [4.69, 9.17) is 21.8 Å². The smallest absolute Gasteiger partial charge is 0.227 e. The fourth-order valence-corrected chi connectivity index (χ4v) is 2.57. The van der Waals surface area contributed by atoms with Crippen LogP contribution in [0.2, 0.25) is 5.02 Å². The second-order valence-electron chi connectivity index (χ2n) is 4.30. The zero-order valence-electron chi connectivity index (χ0n) is 10.1. The molecule has 96 valence electrons. The molecule has 0 fully saturated rings. The van der Waals surface area contributed by atoms with E-state index in [1.807, 2.05) is 25.1 Å². The van der Waals surface area contributed by atoms with Crippen LogP contribution in [0.4, 0.5) is 5.69 Å². The number of nitrogen functional groups attached to an aromatic ring is 1. The number of fused-ring (bicyclic) bond motifs is 1. The number of rotatable bonds is 1. The van der Waals surface area contributed by atoms with Crippen molar-refractivity contribution in [3.8, 4) is 11.5 Å². The molecule has 0 amide bonds. The predicted molar refractivity (Wildman–Crippen MR) is 81.3 cm³/mol. The zero-order valence-corrected chi connectivity index (χ0v) is 12.4. The van der Waals surface area contributed by atoms with Gasteiger partial charge >= 0.3 is 0 Å². The summed E-state index contributed by atoms with van der Waals surface area (Å²) < 4.78 is 6.65. The normalized spacial score (nSPS) is 11.1. The Kier molecular flexibility index (Phi) is 2.99. The van der Waals surface area contributed by atoms with Crippen LogP contribution >= 0.6 is 27.5 Å². The third-order valence-corrected chi connectivity index (χ3v) is 3.69. The molecule has 19 heavy (non-hydrogen) atoms. The van der Waals surface area contributed by atoms with Gasteiger partial charge in [0, 0.05) is 26.8 Å². The molecular weight excluding hydrogens is 328 g/mol. The van der Waals surface area contributed by atoms with Crippen molar-refractivity contribution in [2.24, 2.45) is 0 Å². The van der Waals surface area contributed by atoms with Crippen LogP contribution in [0, 0.1) is 6.92 Å². The standard InChI is InChI=1S/C14H10BrClN2O/c1-7-10(4-8(15)5-11(7)17)14-18-12-3-2-9(16)6-13(12)19-14/h2-6H,17H2,1H3. The number of benzene rings is 2. The van der Waals surface area contributed by atoms with Crippen LogP contribution in [0.1, 0.15) is 5.56 Å². The van der Waals surface area contributed by atoms with Crippen molar-refractivity contribution in [3.63, 3.8) is 0 Å². The molecule has 0 bridgehead atoms. The van der Waals surface area contributed by atoms with E-state index >= 15 is 0 Å². The number of nitrogens with two attached hydrogens (primary N) is 1. The zero-order chi connectivity index (χ0) is 13.6.